The van der Waals surface area contributed by atoms with Crippen molar-refractivity contribution in [2.24, 2.45) is 0 Å². The van der Waals surface area contributed by atoms with Gasteiger partial charge in [-0.05, 0) is 41.8 Å². The van der Waals surface area contributed by atoms with E-state index in [1.54, 1.807) is 5.57 Å². The highest BCUT2D eigenvalue weighted by molar-refractivity contribution is 7.31. The normalized spacial score (nSPS) is 18.5. The lowest BCUT2D eigenvalue weighted by molar-refractivity contribution is 0.663. The number of hydrogen-bond acceptors (Lipinski definition) is 1. The second kappa shape index (κ2) is 4.58. The predicted octanol–water partition coefficient (Wildman–Crippen LogP) is 3.89. The monoisotopic (exact) mass is 241 g/mol. The molecule has 1 fully saturated rings. The third kappa shape index (κ3) is 2.12. The molecule has 0 saturated heterocycles. The minimum Gasteiger partial charge on any atom is -0.256 e. The third-order valence-electron chi connectivity index (χ3n) is 3.50. The molecule has 0 amide bonds. The van der Waals surface area contributed by atoms with Crippen molar-refractivity contribution in [2.75, 3.05) is 0 Å². The van der Waals surface area contributed by atoms with Crippen molar-refractivity contribution in [1.29, 1.82) is 0 Å². The van der Waals surface area contributed by atoms with Crippen molar-refractivity contribution in [3.8, 4) is 0 Å². The predicted molar refractivity (Wildman–Crippen MR) is 75.6 cm³/mol. The number of aromatic nitrogens is 1. The second-order valence-corrected chi connectivity index (χ2v) is 5.24. The molecule has 1 saturated carbocycles. The molecule has 1 aromatic heterocycles. The van der Waals surface area contributed by atoms with Crippen molar-refractivity contribution >= 4 is 14.6 Å². The molecule has 0 aromatic carbocycles. The van der Waals surface area contributed by atoms with E-state index in [1.807, 2.05) is 12.3 Å². The van der Waals surface area contributed by atoms with Gasteiger partial charge in [0.15, 0.2) is 0 Å². The SMILES string of the molecule is PC1=C(/C=C\C=C2CCC2)Cc2cccnc21. The molecule has 1 unspecified atom stereocenters. The Bertz CT molecular complexity index is 532. The summed E-state index contributed by atoms with van der Waals surface area (Å²) in [5, 5.41) is 1.25. The molecule has 0 bridgehead atoms. The van der Waals surface area contributed by atoms with Crippen molar-refractivity contribution in [3.05, 3.63) is 59.0 Å². The molecule has 3 rings (SSSR count). The highest BCUT2D eigenvalue weighted by atomic mass is 31.0. The van der Waals surface area contributed by atoms with Gasteiger partial charge >= 0.3 is 0 Å². The number of rotatable bonds is 2. The van der Waals surface area contributed by atoms with Crippen molar-refractivity contribution < 1.29 is 0 Å². The molecule has 1 nitrogen and oxygen atoms in total. The Balaban J connectivity index is 1.80. The second-order valence-electron chi connectivity index (χ2n) is 4.66. The molecule has 1 atom stereocenters. The largest absolute Gasteiger partial charge is 0.256 e. The number of hydrogen-bond donors (Lipinski definition) is 0. The van der Waals surface area contributed by atoms with E-state index in [-0.39, 0.29) is 0 Å². The minimum atomic E-state index is 1.02. The lowest BCUT2D eigenvalue weighted by atomic mass is 9.92. The van der Waals surface area contributed by atoms with Crippen molar-refractivity contribution in [2.45, 2.75) is 25.7 Å². The van der Waals surface area contributed by atoms with Crippen molar-refractivity contribution in [1.82, 2.24) is 4.98 Å². The number of allylic oxidation sites excluding steroid dienone is 5. The fourth-order valence-corrected chi connectivity index (χ4v) is 2.73. The summed E-state index contributed by atoms with van der Waals surface area (Å²) in [6.07, 6.45) is 13.5. The van der Waals surface area contributed by atoms with Gasteiger partial charge in [-0.3, -0.25) is 4.98 Å². The van der Waals surface area contributed by atoms with Crippen LogP contribution in [0.5, 0.6) is 0 Å². The zero-order valence-electron chi connectivity index (χ0n) is 9.82. The molecule has 2 heteroatoms. The first-order valence-electron chi connectivity index (χ1n) is 6.13. The number of pyridine rings is 1. The van der Waals surface area contributed by atoms with Crippen molar-refractivity contribution in [3.63, 3.8) is 0 Å². The van der Waals surface area contributed by atoms with Gasteiger partial charge < -0.3 is 0 Å². The van der Waals surface area contributed by atoms with Gasteiger partial charge in [-0.2, -0.15) is 0 Å². The maximum Gasteiger partial charge on any atom is 0.0739 e. The fourth-order valence-electron chi connectivity index (χ4n) is 2.27. The number of fused-ring (bicyclic) bond motifs is 1. The molecular formula is C15H16NP. The van der Waals surface area contributed by atoms with Gasteiger partial charge in [-0.25, -0.2) is 0 Å². The molecule has 0 spiro atoms. The van der Waals surface area contributed by atoms with Crippen LogP contribution in [0.25, 0.3) is 5.31 Å². The van der Waals surface area contributed by atoms with Crippen LogP contribution in [0.3, 0.4) is 0 Å². The zero-order valence-corrected chi connectivity index (χ0v) is 11.0. The average Bonchev–Trinajstić information content (AvgIpc) is 2.60. The van der Waals surface area contributed by atoms with Crippen LogP contribution in [0.15, 0.2) is 47.7 Å². The van der Waals surface area contributed by atoms with Crippen LogP contribution >= 0.6 is 9.24 Å². The summed E-state index contributed by atoms with van der Waals surface area (Å²) < 4.78 is 0. The van der Waals surface area contributed by atoms with Crippen LogP contribution in [0.1, 0.15) is 30.5 Å². The maximum absolute atomic E-state index is 4.43. The molecule has 2 aliphatic carbocycles. The molecule has 17 heavy (non-hydrogen) atoms. The van der Waals surface area contributed by atoms with E-state index >= 15 is 0 Å². The highest BCUT2D eigenvalue weighted by Gasteiger charge is 2.17. The fraction of sp³-hybridized carbons (Fsp3) is 0.267. The topological polar surface area (TPSA) is 12.9 Å². The Labute approximate surface area is 105 Å². The lowest BCUT2D eigenvalue weighted by Crippen LogP contribution is -1.94. The van der Waals surface area contributed by atoms with E-state index in [4.69, 9.17) is 0 Å². The summed E-state index contributed by atoms with van der Waals surface area (Å²) in [5.41, 5.74) is 5.45. The Kier molecular flexibility index (Phi) is 2.94. The van der Waals surface area contributed by atoms with E-state index in [2.05, 4.69) is 38.5 Å². The zero-order chi connectivity index (χ0) is 11.7. The van der Waals surface area contributed by atoms with E-state index in [0.29, 0.717) is 0 Å². The summed E-state index contributed by atoms with van der Waals surface area (Å²) in [6, 6.07) is 4.18. The van der Waals surface area contributed by atoms with Crippen LogP contribution in [0.2, 0.25) is 0 Å². The maximum atomic E-state index is 4.43. The van der Waals surface area contributed by atoms with Gasteiger partial charge in [-0.1, -0.05) is 29.9 Å². The Morgan fingerprint density at radius 3 is 2.88 bits per heavy atom. The van der Waals surface area contributed by atoms with Gasteiger partial charge in [0.25, 0.3) is 0 Å². The Morgan fingerprint density at radius 2 is 2.18 bits per heavy atom. The molecule has 1 aromatic rings. The Morgan fingerprint density at radius 1 is 1.29 bits per heavy atom. The minimum absolute atomic E-state index is 1.02. The van der Waals surface area contributed by atoms with Crippen LogP contribution in [0, 0.1) is 0 Å². The van der Waals surface area contributed by atoms with Crippen LogP contribution < -0.4 is 0 Å². The Hall–Kier alpha value is -1.20. The van der Waals surface area contributed by atoms with E-state index in [9.17, 15) is 0 Å². The first kappa shape index (κ1) is 10.9. The summed E-state index contributed by atoms with van der Waals surface area (Å²) in [5.74, 6) is 0. The van der Waals surface area contributed by atoms with E-state index < -0.39 is 0 Å². The molecule has 2 aliphatic rings. The average molecular weight is 241 g/mol. The summed E-state index contributed by atoms with van der Waals surface area (Å²) in [7, 11) is 2.83. The molecule has 0 aliphatic heterocycles. The molecular weight excluding hydrogens is 225 g/mol. The molecule has 1 heterocycles. The quantitative estimate of drug-likeness (QED) is 0.716. The van der Waals surface area contributed by atoms with Crippen LogP contribution in [0.4, 0.5) is 0 Å². The first-order chi connectivity index (χ1) is 8.34. The molecule has 0 radical (unpaired) electrons. The van der Waals surface area contributed by atoms with E-state index in [0.717, 1.165) is 12.1 Å². The standard InChI is InChI=1S/C15H16NP/c17-15-13(7-2-6-11-4-1-5-11)10-12-8-3-9-16-14(12)15/h2-3,6-9H,1,4-5,10,17H2/b7-2-. The number of nitrogens with zero attached hydrogens (tertiary/aromatic N) is 1. The summed E-state index contributed by atoms with van der Waals surface area (Å²) in [4.78, 5) is 4.43. The van der Waals surface area contributed by atoms with Gasteiger partial charge in [-0.15, -0.1) is 9.24 Å². The van der Waals surface area contributed by atoms with E-state index in [1.165, 1.54) is 35.7 Å². The van der Waals surface area contributed by atoms with Gasteiger partial charge in [0.05, 0.1) is 5.69 Å². The van der Waals surface area contributed by atoms with Gasteiger partial charge in [0.1, 0.15) is 0 Å². The summed E-state index contributed by atoms with van der Waals surface area (Å²) >= 11 is 0. The smallest absolute Gasteiger partial charge is 0.0739 e. The van der Waals surface area contributed by atoms with Gasteiger partial charge in [0.2, 0.25) is 0 Å². The third-order valence-corrected chi connectivity index (χ3v) is 4.14. The van der Waals surface area contributed by atoms with Crippen LogP contribution in [-0.2, 0) is 6.42 Å². The molecule has 86 valence electrons. The summed E-state index contributed by atoms with van der Waals surface area (Å²) in [6.45, 7) is 0. The van der Waals surface area contributed by atoms with Crippen LogP contribution in [-0.4, -0.2) is 4.98 Å². The van der Waals surface area contributed by atoms with Gasteiger partial charge in [0, 0.05) is 12.6 Å². The lowest BCUT2D eigenvalue weighted by Gasteiger charge is -2.14. The first-order valence-corrected chi connectivity index (χ1v) is 6.71. The highest BCUT2D eigenvalue weighted by Crippen LogP contribution is 2.36. The molecule has 0 N–H and O–H groups in total.